The first kappa shape index (κ1) is 22.6. The van der Waals surface area contributed by atoms with E-state index in [1.165, 1.54) is 86.7 Å². The Labute approximate surface area is 190 Å². The Balaban J connectivity index is 1.40. The summed E-state index contributed by atoms with van der Waals surface area (Å²) in [7, 11) is 0. The average Bonchev–Trinajstić information content (AvgIpc) is 3.43. The molecule has 0 bridgehead atoms. The van der Waals surface area contributed by atoms with Crippen molar-refractivity contribution >= 4 is 0 Å². The Hall–Kier alpha value is -1.64. The summed E-state index contributed by atoms with van der Waals surface area (Å²) in [6, 6.07) is 18.4. The maximum absolute atomic E-state index is 6.07. The Morgan fingerprint density at radius 1 is 0.903 bits per heavy atom. The maximum Gasteiger partial charge on any atom is 0.0720 e. The van der Waals surface area contributed by atoms with Crippen LogP contribution in [0.25, 0.3) is 11.1 Å². The summed E-state index contributed by atoms with van der Waals surface area (Å²) in [5, 5.41) is 0. The lowest BCUT2D eigenvalue weighted by Crippen LogP contribution is -2.37. The summed E-state index contributed by atoms with van der Waals surface area (Å²) >= 11 is 0. The van der Waals surface area contributed by atoms with Gasteiger partial charge in [0.15, 0.2) is 0 Å². The van der Waals surface area contributed by atoms with Crippen molar-refractivity contribution in [2.75, 3.05) is 13.1 Å². The molecule has 2 aliphatic rings. The molecule has 4 rings (SSSR count). The maximum atomic E-state index is 6.07. The molecule has 2 aliphatic carbocycles. The quantitative estimate of drug-likeness (QED) is 0.372. The van der Waals surface area contributed by atoms with Gasteiger partial charge in [-0.2, -0.15) is 0 Å². The van der Waals surface area contributed by atoms with Crippen LogP contribution in [0.5, 0.6) is 0 Å². The van der Waals surface area contributed by atoms with Crippen LogP contribution in [-0.4, -0.2) is 24.1 Å². The van der Waals surface area contributed by atoms with Gasteiger partial charge in [-0.1, -0.05) is 82.1 Å². The topological polar surface area (TPSA) is 12.5 Å². The third kappa shape index (κ3) is 5.59. The number of hydrogen-bond acceptors (Lipinski definition) is 2. The van der Waals surface area contributed by atoms with Crippen LogP contribution in [0.15, 0.2) is 48.5 Å². The van der Waals surface area contributed by atoms with Gasteiger partial charge in [0, 0.05) is 5.54 Å². The smallest absolute Gasteiger partial charge is 0.0720 e. The van der Waals surface area contributed by atoms with Crippen LogP contribution in [0.2, 0.25) is 0 Å². The first-order valence-corrected chi connectivity index (χ1v) is 12.7. The second kappa shape index (κ2) is 10.3. The Kier molecular flexibility index (Phi) is 7.51. The zero-order chi connectivity index (χ0) is 21.7. The molecule has 0 aromatic heterocycles. The van der Waals surface area contributed by atoms with E-state index in [0.717, 1.165) is 12.5 Å². The van der Waals surface area contributed by atoms with Gasteiger partial charge in [0.25, 0.3) is 0 Å². The van der Waals surface area contributed by atoms with Crippen molar-refractivity contribution in [1.82, 2.24) is 4.90 Å². The minimum absolute atomic E-state index is 0.296. The standard InChI is InChI=1S/C29H41NO/c1-4-20-30(21-17-23(2)3)29(18-19-29)27-15-13-26(14-16-27)25-11-9-24(10-12-25)22-31-28-7-5-6-8-28/h9-16,23,28H,4-8,17-22H2,1-3H3. The van der Waals surface area contributed by atoms with Crippen LogP contribution >= 0.6 is 0 Å². The molecule has 2 nitrogen and oxygen atoms in total. The molecule has 0 amide bonds. The van der Waals surface area contributed by atoms with Crippen LogP contribution in [0.3, 0.4) is 0 Å². The summed E-state index contributed by atoms with van der Waals surface area (Å²) in [6.45, 7) is 10.2. The number of ether oxygens (including phenoxy) is 1. The van der Waals surface area contributed by atoms with E-state index in [0.29, 0.717) is 11.6 Å². The monoisotopic (exact) mass is 419 g/mol. The highest BCUT2D eigenvalue weighted by atomic mass is 16.5. The van der Waals surface area contributed by atoms with E-state index in [2.05, 4.69) is 74.2 Å². The predicted octanol–water partition coefficient (Wildman–Crippen LogP) is 7.56. The highest BCUT2D eigenvalue weighted by Gasteiger charge is 2.48. The summed E-state index contributed by atoms with van der Waals surface area (Å²) in [5.41, 5.74) is 5.70. The predicted molar refractivity (Wildman–Crippen MR) is 131 cm³/mol. The molecule has 2 aromatic carbocycles. The van der Waals surface area contributed by atoms with Crippen molar-refractivity contribution in [3.05, 3.63) is 59.7 Å². The molecule has 2 fully saturated rings. The number of benzene rings is 2. The zero-order valence-electron chi connectivity index (χ0n) is 19.9. The van der Waals surface area contributed by atoms with E-state index in [-0.39, 0.29) is 0 Å². The van der Waals surface area contributed by atoms with Crippen molar-refractivity contribution in [2.24, 2.45) is 5.92 Å². The first-order chi connectivity index (χ1) is 15.1. The van der Waals surface area contributed by atoms with E-state index in [4.69, 9.17) is 4.74 Å². The Morgan fingerprint density at radius 3 is 2.06 bits per heavy atom. The largest absolute Gasteiger partial charge is 0.374 e. The van der Waals surface area contributed by atoms with Gasteiger partial charge in [-0.3, -0.25) is 4.90 Å². The van der Waals surface area contributed by atoms with Crippen molar-refractivity contribution < 1.29 is 4.74 Å². The van der Waals surface area contributed by atoms with Crippen LogP contribution in [0.1, 0.15) is 83.3 Å². The summed E-state index contributed by atoms with van der Waals surface area (Å²) in [4.78, 5) is 2.77. The molecule has 0 aliphatic heterocycles. The number of nitrogens with zero attached hydrogens (tertiary/aromatic N) is 1. The van der Waals surface area contributed by atoms with Gasteiger partial charge in [0.05, 0.1) is 12.7 Å². The highest BCUT2D eigenvalue weighted by Crippen LogP contribution is 2.51. The third-order valence-electron chi connectivity index (χ3n) is 7.30. The van der Waals surface area contributed by atoms with Gasteiger partial charge >= 0.3 is 0 Å². The summed E-state index contributed by atoms with van der Waals surface area (Å²) < 4.78 is 6.07. The van der Waals surface area contributed by atoms with Crippen molar-refractivity contribution in [1.29, 1.82) is 0 Å². The first-order valence-electron chi connectivity index (χ1n) is 12.7. The normalized spacial score (nSPS) is 18.2. The summed E-state index contributed by atoms with van der Waals surface area (Å²) in [5.74, 6) is 0.768. The average molecular weight is 420 g/mol. The molecule has 2 heteroatoms. The summed E-state index contributed by atoms with van der Waals surface area (Å²) in [6.07, 6.45) is 10.7. The molecule has 0 unspecified atom stereocenters. The SMILES string of the molecule is CCCN(CCC(C)C)C1(c2ccc(-c3ccc(COC4CCCC4)cc3)cc2)CC1. The van der Waals surface area contributed by atoms with E-state index < -0.39 is 0 Å². The van der Waals surface area contributed by atoms with Gasteiger partial charge < -0.3 is 4.74 Å². The van der Waals surface area contributed by atoms with Crippen LogP contribution in [-0.2, 0) is 16.9 Å². The molecular weight excluding hydrogens is 378 g/mol. The van der Waals surface area contributed by atoms with Crippen LogP contribution in [0, 0.1) is 5.92 Å². The zero-order valence-corrected chi connectivity index (χ0v) is 19.9. The van der Waals surface area contributed by atoms with E-state index in [9.17, 15) is 0 Å². The molecule has 31 heavy (non-hydrogen) atoms. The second-order valence-corrected chi connectivity index (χ2v) is 10.2. The van der Waals surface area contributed by atoms with Gasteiger partial charge in [-0.15, -0.1) is 0 Å². The lowest BCUT2D eigenvalue weighted by atomic mass is 9.97. The minimum Gasteiger partial charge on any atom is -0.374 e. The van der Waals surface area contributed by atoms with Crippen molar-refractivity contribution in [3.8, 4) is 11.1 Å². The minimum atomic E-state index is 0.296. The number of rotatable bonds is 11. The molecule has 168 valence electrons. The lowest BCUT2D eigenvalue weighted by Gasteiger charge is -2.33. The molecule has 0 atom stereocenters. The van der Waals surface area contributed by atoms with Gasteiger partial charge in [-0.05, 0) is 79.8 Å². The highest BCUT2D eigenvalue weighted by molar-refractivity contribution is 5.64. The Bertz CT molecular complexity index is 798. The molecule has 0 saturated heterocycles. The van der Waals surface area contributed by atoms with Gasteiger partial charge in [0.1, 0.15) is 0 Å². The van der Waals surface area contributed by atoms with E-state index >= 15 is 0 Å². The van der Waals surface area contributed by atoms with E-state index in [1.54, 1.807) is 0 Å². The molecule has 2 saturated carbocycles. The van der Waals surface area contributed by atoms with Crippen LogP contribution in [0.4, 0.5) is 0 Å². The molecule has 0 spiro atoms. The Morgan fingerprint density at radius 2 is 1.52 bits per heavy atom. The fraction of sp³-hybridized carbons (Fsp3) is 0.586. The lowest BCUT2D eigenvalue weighted by molar-refractivity contribution is 0.0457. The molecule has 0 N–H and O–H groups in total. The molecule has 0 radical (unpaired) electrons. The third-order valence-corrected chi connectivity index (χ3v) is 7.30. The molecule has 0 heterocycles. The fourth-order valence-corrected chi connectivity index (χ4v) is 5.17. The van der Waals surface area contributed by atoms with Crippen molar-refractivity contribution in [3.63, 3.8) is 0 Å². The molecular formula is C29H41NO. The number of hydrogen-bond donors (Lipinski definition) is 0. The fourth-order valence-electron chi connectivity index (χ4n) is 5.17. The van der Waals surface area contributed by atoms with E-state index in [1.807, 2.05) is 0 Å². The van der Waals surface area contributed by atoms with Gasteiger partial charge in [-0.25, -0.2) is 0 Å². The molecule has 2 aromatic rings. The van der Waals surface area contributed by atoms with Crippen molar-refractivity contribution in [2.45, 2.75) is 90.4 Å². The second-order valence-electron chi connectivity index (χ2n) is 10.2. The van der Waals surface area contributed by atoms with Gasteiger partial charge in [0.2, 0.25) is 0 Å². The van der Waals surface area contributed by atoms with Crippen LogP contribution < -0.4 is 0 Å².